The third kappa shape index (κ3) is 4.27. The van der Waals surface area contributed by atoms with Crippen LogP contribution in [0.5, 0.6) is 0 Å². The number of carbonyl (C=O) groups is 2. The van der Waals surface area contributed by atoms with Crippen LogP contribution in [-0.4, -0.2) is 27.7 Å². The minimum Gasteiger partial charge on any atom is -0.467 e. The van der Waals surface area contributed by atoms with E-state index in [1.54, 1.807) is 28.8 Å². The first kappa shape index (κ1) is 16.8. The van der Waals surface area contributed by atoms with Crippen molar-refractivity contribution in [3.8, 4) is 0 Å². The lowest BCUT2D eigenvalue weighted by Gasteiger charge is -2.03. The van der Waals surface area contributed by atoms with Crippen LogP contribution in [0.1, 0.15) is 11.5 Å². The van der Waals surface area contributed by atoms with Crippen molar-refractivity contribution in [1.82, 2.24) is 20.0 Å². The normalized spacial score (nSPS) is 11.1. The summed E-state index contributed by atoms with van der Waals surface area (Å²) in [6.07, 6.45) is 6.19. The SMILES string of the molecule is O=C(/C=C/c1c(Cl)nc2ccccn12)NCC(=O)NCc1ccco1. The Kier molecular flexibility index (Phi) is 5.15. The molecule has 128 valence electrons. The number of carbonyl (C=O) groups excluding carboxylic acids is 2. The average molecular weight is 359 g/mol. The number of hydrogen-bond donors (Lipinski definition) is 2. The average Bonchev–Trinajstić information content (AvgIpc) is 3.23. The van der Waals surface area contributed by atoms with E-state index in [-0.39, 0.29) is 19.0 Å². The number of aromatic nitrogens is 2. The minimum atomic E-state index is -0.407. The van der Waals surface area contributed by atoms with Crippen LogP contribution < -0.4 is 10.6 Å². The van der Waals surface area contributed by atoms with E-state index in [9.17, 15) is 9.59 Å². The molecule has 0 aromatic carbocycles. The number of hydrogen-bond acceptors (Lipinski definition) is 4. The summed E-state index contributed by atoms with van der Waals surface area (Å²) >= 11 is 6.08. The van der Waals surface area contributed by atoms with Crippen LogP contribution in [0, 0.1) is 0 Å². The fraction of sp³-hybridized carbons (Fsp3) is 0.118. The number of nitrogens with one attached hydrogen (secondary N) is 2. The van der Waals surface area contributed by atoms with E-state index in [2.05, 4.69) is 15.6 Å². The number of fused-ring (bicyclic) bond motifs is 1. The Labute approximate surface area is 148 Å². The standard InChI is InChI=1S/C17H15ClN4O3/c18-17-13(22-8-2-1-5-14(22)21-17)6-7-15(23)20-11-16(24)19-10-12-4-3-9-25-12/h1-9H,10-11H2,(H,19,24)(H,20,23)/b7-6+. The van der Waals surface area contributed by atoms with Gasteiger partial charge in [0.2, 0.25) is 11.8 Å². The predicted molar refractivity (Wildman–Crippen MR) is 92.8 cm³/mol. The molecular weight excluding hydrogens is 344 g/mol. The van der Waals surface area contributed by atoms with E-state index in [1.807, 2.05) is 18.2 Å². The molecule has 0 saturated heterocycles. The van der Waals surface area contributed by atoms with Gasteiger partial charge < -0.3 is 15.1 Å². The molecule has 3 heterocycles. The quantitative estimate of drug-likeness (QED) is 0.660. The van der Waals surface area contributed by atoms with Crippen molar-refractivity contribution < 1.29 is 14.0 Å². The highest BCUT2D eigenvalue weighted by atomic mass is 35.5. The van der Waals surface area contributed by atoms with Gasteiger partial charge >= 0.3 is 0 Å². The van der Waals surface area contributed by atoms with Gasteiger partial charge in [0.25, 0.3) is 0 Å². The van der Waals surface area contributed by atoms with E-state index < -0.39 is 5.91 Å². The van der Waals surface area contributed by atoms with Crippen LogP contribution in [0.2, 0.25) is 5.15 Å². The first-order chi connectivity index (χ1) is 12.1. The van der Waals surface area contributed by atoms with Gasteiger partial charge in [-0.2, -0.15) is 0 Å². The van der Waals surface area contributed by atoms with Crippen LogP contribution in [0.25, 0.3) is 11.7 Å². The zero-order chi connectivity index (χ0) is 17.6. The van der Waals surface area contributed by atoms with Crippen molar-refractivity contribution in [2.45, 2.75) is 6.54 Å². The summed E-state index contributed by atoms with van der Waals surface area (Å²) in [6, 6.07) is 8.99. The number of nitrogens with zero attached hydrogens (tertiary/aromatic N) is 2. The maximum absolute atomic E-state index is 11.9. The summed E-state index contributed by atoms with van der Waals surface area (Å²) in [4.78, 5) is 27.7. The second kappa shape index (κ2) is 7.67. The van der Waals surface area contributed by atoms with Gasteiger partial charge in [0.15, 0.2) is 5.15 Å². The van der Waals surface area contributed by atoms with Gasteiger partial charge in [-0.1, -0.05) is 17.7 Å². The molecule has 0 fully saturated rings. The number of pyridine rings is 1. The fourth-order valence-electron chi connectivity index (χ4n) is 2.18. The van der Waals surface area contributed by atoms with Crippen molar-refractivity contribution in [2.75, 3.05) is 6.54 Å². The third-order valence-corrected chi connectivity index (χ3v) is 3.66. The first-order valence-electron chi connectivity index (χ1n) is 7.51. The van der Waals surface area contributed by atoms with Crippen LogP contribution in [0.15, 0.2) is 53.3 Å². The highest BCUT2D eigenvalue weighted by Crippen LogP contribution is 2.18. The Balaban J connectivity index is 1.52. The Bertz CT molecular complexity index is 915. The summed E-state index contributed by atoms with van der Waals surface area (Å²) < 4.78 is 6.87. The molecule has 3 aromatic rings. The maximum Gasteiger partial charge on any atom is 0.244 e. The summed E-state index contributed by atoms with van der Waals surface area (Å²) in [5.41, 5.74) is 1.28. The van der Waals surface area contributed by atoms with Gasteiger partial charge in [-0.05, 0) is 30.3 Å². The monoisotopic (exact) mass is 358 g/mol. The molecule has 0 aliphatic heterocycles. The van der Waals surface area contributed by atoms with Crippen molar-refractivity contribution in [3.05, 3.63) is 65.5 Å². The maximum atomic E-state index is 11.9. The topological polar surface area (TPSA) is 88.6 Å². The van der Waals surface area contributed by atoms with Gasteiger partial charge in [0, 0.05) is 12.3 Å². The van der Waals surface area contributed by atoms with Crippen molar-refractivity contribution in [2.24, 2.45) is 0 Å². The summed E-state index contributed by atoms with van der Waals surface area (Å²) in [5.74, 6) is -0.0806. The number of halogens is 1. The smallest absolute Gasteiger partial charge is 0.244 e. The Hall–Kier alpha value is -3.06. The molecule has 0 atom stereocenters. The Morgan fingerprint density at radius 1 is 1.24 bits per heavy atom. The van der Waals surface area contributed by atoms with Crippen LogP contribution >= 0.6 is 11.6 Å². The number of furan rings is 1. The molecule has 3 rings (SSSR count). The van der Waals surface area contributed by atoms with Crippen molar-refractivity contribution in [3.63, 3.8) is 0 Å². The van der Waals surface area contributed by atoms with E-state index >= 15 is 0 Å². The molecule has 2 N–H and O–H groups in total. The second-order valence-corrected chi connectivity index (χ2v) is 5.48. The summed E-state index contributed by atoms with van der Waals surface area (Å²) in [6.45, 7) is 0.139. The first-order valence-corrected chi connectivity index (χ1v) is 7.89. The highest BCUT2D eigenvalue weighted by Gasteiger charge is 2.08. The molecule has 0 aliphatic carbocycles. The Morgan fingerprint density at radius 3 is 2.92 bits per heavy atom. The van der Waals surface area contributed by atoms with Gasteiger partial charge in [-0.15, -0.1) is 0 Å². The molecular formula is C17H15ClN4O3. The number of amides is 2. The van der Waals surface area contributed by atoms with E-state index in [4.69, 9.17) is 16.0 Å². The molecule has 3 aromatic heterocycles. The molecule has 8 heteroatoms. The van der Waals surface area contributed by atoms with Crippen molar-refractivity contribution in [1.29, 1.82) is 0 Å². The van der Waals surface area contributed by atoms with Crippen molar-refractivity contribution >= 4 is 35.1 Å². The molecule has 0 saturated carbocycles. The minimum absolute atomic E-state index is 0.134. The largest absolute Gasteiger partial charge is 0.467 e. The molecule has 0 aliphatic rings. The van der Waals surface area contributed by atoms with E-state index in [0.717, 1.165) is 0 Å². The summed E-state index contributed by atoms with van der Waals surface area (Å²) in [5, 5.41) is 5.44. The van der Waals surface area contributed by atoms with Crippen LogP contribution in [0.4, 0.5) is 0 Å². The zero-order valence-electron chi connectivity index (χ0n) is 13.1. The molecule has 0 bridgehead atoms. The lowest BCUT2D eigenvalue weighted by atomic mass is 10.3. The van der Waals surface area contributed by atoms with Crippen LogP contribution in [-0.2, 0) is 16.1 Å². The zero-order valence-corrected chi connectivity index (χ0v) is 13.9. The van der Waals surface area contributed by atoms with Gasteiger partial charge in [-0.25, -0.2) is 4.98 Å². The molecule has 2 amide bonds. The molecule has 0 spiro atoms. The van der Waals surface area contributed by atoms with Gasteiger partial charge in [0.1, 0.15) is 11.4 Å². The fourth-order valence-corrected chi connectivity index (χ4v) is 2.42. The summed E-state index contributed by atoms with van der Waals surface area (Å²) in [7, 11) is 0. The second-order valence-electron chi connectivity index (χ2n) is 5.12. The number of imidazole rings is 1. The lowest BCUT2D eigenvalue weighted by Crippen LogP contribution is -2.35. The Morgan fingerprint density at radius 2 is 2.12 bits per heavy atom. The van der Waals surface area contributed by atoms with E-state index in [1.165, 1.54) is 12.3 Å². The molecule has 0 radical (unpaired) electrons. The third-order valence-electron chi connectivity index (χ3n) is 3.38. The van der Waals surface area contributed by atoms with Gasteiger partial charge in [-0.3, -0.25) is 14.0 Å². The highest BCUT2D eigenvalue weighted by molar-refractivity contribution is 6.31. The molecule has 0 unspecified atom stereocenters. The van der Waals surface area contributed by atoms with E-state index in [0.29, 0.717) is 22.3 Å². The molecule has 25 heavy (non-hydrogen) atoms. The predicted octanol–water partition coefficient (Wildman–Crippen LogP) is 2.03. The molecule has 7 nitrogen and oxygen atoms in total. The lowest BCUT2D eigenvalue weighted by molar-refractivity contribution is -0.124. The number of rotatable bonds is 6. The van der Waals surface area contributed by atoms with Crippen LogP contribution in [0.3, 0.4) is 0 Å². The van der Waals surface area contributed by atoms with Gasteiger partial charge in [0.05, 0.1) is 25.0 Å².